The number of nitriles is 1. The molecular formula is C15H22N2O2. The van der Waals surface area contributed by atoms with Gasteiger partial charge in [0.1, 0.15) is 11.3 Å². The summed E-state index contributed by atoms with van der Waals surface area (Å²) in [5.41, 5.74) is 6.12. The fraction of sp³-hybridized carbons (Fsp3) is 0.533. The molecule has 2 N–H and O–H groups in total. The molecular weight excluding hydrogens is 240 g/mol. The van der Waals surface area contributed by atoms with Crippen LogP contribution in [0.5, 0.6) is 5.75 Å². The van der Waals surface area contributed by atoms with Gasteiger partial charge in [0.05, 0.1) is 19.3 Å². The molecule has 0 fully saturated rings. The number of hydrogen-bond donors (Lipinski definition) is 1. The first kappa shape index (κ1) is 15.5. The van der Waals surface area contributed by atoms with Gasteiger partial charge >= 0.3 is 0 Å². The minimum Gasteiger partial charge on any atom is -0.494 e. The van der Waals surface area contributed by atoms with Crippen LogP contribution in [0.3, 0.4) is 0 Å². The second kappa shape index (κ2) is 7.78. The summed E-state index contributed by atoms with van der Waals surface area (Å²) in [5.74, 6) is 0.852. The molecule has 1 aromatic rings. The Kier molecular flexibility index (Phi) is 6.34. The van der Waals surface area contributed by atoms with Crippen LogP contribution in [-0.2, 0) is 11.3 Å². The number of nitrogens with two attached hydrogens (primary N) is 1. The van der Waals surface area contributed by atoms with Crippen LogP contribution in [0.15, 0.2) is 24.3 Å². The third kappa shape index (κ3) is 6.23. The van der Waals surface area contributed by atoms with E-state index in [1.807, 2.05) is 24.3 Å². The summed E-state index contributed by atoms with van der Waals surface area (Å²) in [5, 5.41) is 8.79. The van der Waals surface area contributed by atoms with Crippen molar-refractivity contribution in [2.24, 2.45) is 5.73 Å². The second-order valence-electron chi connectivity index (χ2n) is 4.92. The van der Waals surface area contributed by atoms with Gasteiger partial charge in [-0.05, 0) is 43.9 Å². The van der Waals surface area contributed by atoms with E-state index in [-0.39, 0.29) is 0 Å². The summed E-state index contributed by atoms with van der Waals surface area (Å²) in [6.07, 6.45) is 2.47. The maximum Gasteiger partial charge on any atom is 0.119 e. The van der Waals surface area contributed by atoms with Crippen LogP contribution >= 0.6 is 0 Å². The van der Waals surface area contributed by atoms with Crippen LogP contribution in [-0.4, -0.2) is 19.3 Å². The lowest BCUT2D eigenvalue weighted by molar-refractivity contribution is 0.184. The Bertz CT molecular complexity index is 424. The van der Waals surface area contributed by atoms with E-state index in [1.165, 1.54) is 0 Å². The Balaban J connectivity index is 2.26. The Hall–Kier alpha value is -1.57. The van der Waals surface area contributed by atoms with Gasteiger partial charge in [0.15, 0.2) is 0 Å². The molecule has 1 unspecified atom stereocenters. The highest BCUT2D eigenvalue weighted by molar-refractivity contribution is 5.28. The lowest BCUT2D eigenvalue weighted by atomic mass is 9.98. The molecule has 4 nitrogen and oxygen atoms in total. The van der Waals surface area contributed by atoms with Crippen LogP contribution in [0, 0.1) is 11.3 Å². The van der Waals surface area contributed by atoms with E-state index in [4.69, 9.17) is 20.5 Å². The normalized spacial score (nSPS) is 13.6. The van der Waals surface area contributed by atoms with Gasteiger partial charge in [0, 0.05) is 7.11 Å². The molecule has 1 aromatic carbocycles. The number of rotatable bonds is 8. The number of unbranched alkanes of at least 4 members (excludes halogenated alkanes) is 1. The zero-order valence-electron chi connectivity index (χ0n) is 11.7. The molecule has 0 amide bonds. The minimum absolute atomic E-state index is 0.588. The average molecular weight is 262 g/mol. The maximum atomic E-state index is 8.79. The van der Waals surface area contributed by atoms with Crippen molar-refractivity contribution in [1.82, 2.24) is 0 Å². The van der Waals surface area contributed by atoms with Gasteiger partial charge in [-0.2, -0.15) is 5.26 Å². The third-order valence-corrected chi connectivity index (χ3v) is 2.82. The van der Waals surface area contributed by atoms with E-state index in [1.54, 1.807) is 14.0 Å². The molecule has 0 saturated carbocycles. The van der Waals surface area contributed by atoms with E-state index in [0.29, 0.717) is 19.6 Å². The molecule has 0 aliphatic rings. The van der Waals surface area contributed by atoms with Crippen LogP contribution in [0.1, 0.15) is 31.7 Å². The molecule has 0 spiro atoms. The molecule has 0 aromatic heterocycles. The molecule has 4 heteroatoms. The van der Waals surface area contributed by atoms with E-state index >= 15 is 0 Å². The van der Waals surface area contributed by atoms with Gasteiger partial charge in [0.2, 0.25) is 0 Å². The molecule has 1 atom stereocenters. The van der Waals surface area contributed by atoms with Crippen molar-refractivity contribution in [3.05, 3.63) is 29.8 Å². The van der Waals surface area contributed by atoms with Crippen LogP contribution in [0.4, 0.5) is 0 Å². The number of ether oxygens (including phenoxy) is 2. The Morgan fingerprint density at radius 3 is 2.84 bits per heavy atom. The van der Waals surface area contributed by atoms with Crippen molar-refractivity contribution in [3.63, 3.8) is 0 Å². The van der Waals surface area contributed by atoms with Gasteiger partial charge in [-0.3, -0.25) is 0 Å². The van der Waals surface area contributed by atoms with E-state index in [2.05, 4.69) is 6.07 Å². The van der Waals surface area contributed by atoms with Crippen molar-refractivity contribution >= 4 is 0 Å². The molecule has 0 radical (unpaired) electrons. The number of nitrogens with zero attached hydrogens (tertiary/aromatic N) is 1. The van der Waals surface area contributed by atoms with Crippen molar-refractivity contribution in [2.45, 2.75) is 38.3 Å². The largest absolute Gasteiger partial charge is 0.494 e. The highest BCUT2D eigenvalue weighted by Crippen LogP contribution is 2.15. The summed E-state index contributed by atoms with van der Waals surface area (Å²) < 4.78 is 10.7. The zero-order valence-corrected chi connectivity index (χ0v) is 11.7. The molecule has 0 aliphatic carbocycles. The standard InChI is InChI=1S/C15H22N2O2/c1-15(17,12-16)8-3-4-9-19-14-7-5-6-13(10-14)11-18-2/h5-7,10H,3-4,8-9,11,17H2,1-2H3. The van der Waals surface area contributed by atoms with Gasteiger partial charge in [-0.1, -0.05) is 12.1 Å². The predicted molar refractivity (Wildman–Crippen MR) is 74.7 cm³/mol. The quantitative estimate of drug-likeness (QED) is 0.731. The van der Waals surface area contributed by atoms with Crippen LogP contribution < -0.4 is 10.5 Å². The first-order valence-corrected chi connectivity index (χ1v) is 6.48. The van der Waals surface area contributed by atoms with Crippen molar-refractivity contribution < 1.29 is 9.47 Å². The fourth-order valence-electron chi connectivity index (χ4n) is 1.73. The Morgan fingerprint density at radius 1 is 1.37 bits per heavy atom. The van der Waals surface area contributed by atoms with Gasteiger partial charge < -0.3 is 15.2 Å². The first-order valence-electron chi connectivity index (χ1n) is 6.48. The molecule has 0 aliphatic heterocycles. The lowest BCUT2D eigenvalue weighted by Gasteiger charge is -2.14. The predicted octanol–water partition coefficient (Wildman–Crippen LogP) is 2.62. The summed E-state index contributed by atoms with van der Waals surface area (Å²) in [4.78, 5) is 0. The van der Waals surface area contributed by atoms with Gasteiger partial charge in [-0.25, -0.2) is 0 Å². The first-order chi connectivity index (χ1) is 9.07. The zero-order chi connectivity index (χ0) is 14.1. The number of methoxy groups -OCH3 is 1. The summed E-state index contributed by atoms with van der Waals surface area (Å²) in [7, 11) is 1.67. The monoisotopic (exact) mass is 262 g/mol. The molecule has 0 heterocycles. The smallest absolute Gasteiger partial charge is 0.119 e. The number of benzene rings is 1. The highest BCUT2D eigenvalue weighted by Gasteiger charge is 2.15. The minimum atomic E-state index is -0.724. The summed E-state index contributed by atoms with van der Waals surface area (Å²) in [6.45, 7) is 2.98. The average Bonchev–Trinajstić information content (AvgIpc) is 2.39. The topological polar surface area (TPSA) is 68.3 Å². The summed E-state index contributed by atoms with van der Waals surface area (Å²) >= 11 is 0. The second-order valence-corrected chi connectivity index (χ2v) is 4.92. The van der Waals surface area contributed by atoms with Crippen LogP contribution in [0.25, 0.3) is 0 Å². The van der Waals surface area contributed by atoms with Gasteiger partial charge in [0.25, 0.3) is 0 Å². The third-order valence-electron chi connectivity index (χ3n) is 2.82. The van der Waals surface area contributed by atoms with Gasteiger partial charge in [-0.15, -0.1) is 0 Å². The molecule has 104 valence electrons. The lowest BCUT2D eigenvalue weighted by Crippen LogP contribution is -2.33. The number of hydrogen-bond acceptors (Lipinski definition) is 4. The van der Waals surface area contributed by atoms with E-state index in [0.717, 1.165) is 24.2 Å². The van der Waals surface area contributed by atoms with Crippen molar-refractivity contribution in [1.29, 1.82) is 5.26 Å². The molecule has 0 saturated heterocycles. The van der Waals surface area contributed by atoms with Crippen LogP contribution in [0.2, 0.25) is 0 Å². The van der Waals surface area contributed by atoms with E-state index in [9.17, 15) is 0 Å². The maximum absolute atomic E-state index is 8.79. The SMILES string of the molecule is COCc1cccc(OCCCCC(C)(N)C#N)c1. The fourth-order valence-corrected chi connectivity index (χ4v) is 1.73. The highest BCUT2D eigenvalue weighted by atomic mass is 16.5. The van der Waals surface area contributed by atoms with Crippen molar-refractivity contribution in [3.8, 4) is 11.8 Å². The van der Waals surface area contributed by atoms with E-state index < -0.39 is 5.54 Å². The molecule has 19 heavy (non-hydrogen) atoms. The molecule has 0 bridgehead atoms. The Morgan fingerprint density at radius 2 is 2.16 bits per heavy atom. The molecule has 1 rings (SSSR count). The Labute approximate surface area is 115 Å². The van der Waals surface area contributed by atoms with Crippen molar-refractivity contribution in [2.75, 3.05) is 13.7 Å². The summed E-state index contributed by atoms with van der Waals surface area (Å²) in [6, 6.07) is 9.96.